The first kappa shape index (κ1) is 12.4. The molecule has 0 radical (unpaired) electrons. The molecule has 0 saturated carbocycles. The second-order valence-corrected chi connectivity index (χ2v) is 3.99. The molecule has 0 spiro atoms. The quantitative estimate of drug-likeness (QED) is 0.786. The van der Waals surface area contributed by atoms with Crippen molar-refractivity contribution in [3.63, 3.8) is 0 Å². The van der Waals surface area contributed by atoms with E-state index in [-0.39, 0.29) is 11.3 Å². The van der Waals surface area contributed by atoms with Crippen LogP contribution >= 0.6 is 0 Å². The molecular weight excluding hydrogens is 241 g/mol. The zero-order valence-corrected chi connectivity index (χ0v) is 9.62. The second-order valence-electron chi connectivity index (χ2n) is 3.99. The van der Waals surface area contributed by atoms with Crippen LogP contribution in [0.25, 0.3) is 11.1 Å². The molecule has 0 bridgehead atoms. The normalized spacial score (nSPS) is 11.6. The summed E-state index contributed by atoms with van der Waals surface area (Å²) in [6, 6.07) is 7.04. The predicted molar refractivity (Wildman–Crippen MR) is 63.8 cm³/mol. The fourth-order valence-corrected chi connectivity index (χ4v) is 1.68. The van der Waals surface area contributed by atoms with E-state index < -0.39 is 11.7 Å². The highest BCUT2D eigenvalue weighted by Gasteiger charge is 2.33. The van der Waals surface area contributed by atoms with E-state index in [2.05, 4.69) is 4.98 Å². The van der Waals surface area contributed by atoms with Gasteiger partial charge in [-0.2, -0.15) is 13.2 Å². The Bertz CT molecular complexity index is 559. The molecule has 18 heavy (non-hydrogen) atoms. The summed E-state index contributed by atoms with van der Waals surface area (Å²) < 4.78 is 38.8. The molecule has 2 nitrogen and oxygen atoms in total. The Morgan fingerprint density at radius 2 is 1.83 bits per heavy atom. The predicted octanol–water partition coefficient (Wildman–Crippen LogP) is 3.66. The van der Waals surface area contributed by atoms with Crippen molar-refractivity contribution in [2.45, 2.75) is 13.1 Å². The van der Waals surface area contributed by atoms with Gasteiger partial charge in [-0.1, -0.05) is 12.1 Å². The van der Waals surface area contributed by atoms with Crippen LogP contribution in [0.5, 0.6) is 0 Å². The number of anilines is 1. The molecule has 0 unspecified atom stereocenters. The van der Waals surface area contributed by atoms with Crippen molar-refractivity contribution >= 4 is 5.69 Å². The Morgan fingerprint density at radius 3 is 2.39 bits per heavy atom. The molecule has 1 aromatic carbocycles. The lowest BCUT2D eigenvalue weighted by Crippen LogP contribution is -2.08. The Kier molecular flexibility index (Phi) is 2.98. The lowest BCUT2D eigenvalue weighted by Gasteiger charge is -2.13. The average Bonchev–Trinajstić information content (AvgIpc) is 2.29. The van der Waals surface area contributed by atoms with Gasteiger partial charge in [0, 0.05) is 23.1 Å². The largest absolute Gasteiger partial charge is 0.417 e. The fraction of sp³-hybridized carbons (Fsp3) is 0.154. The molecule has 2 N–H and O–H groups in total. The summed E-state index contributed by atoms with van der Waals surface area (Å²) in [6.07, 6.45) is -3.01. The SMILES string of the molecule is Cc1ccc(-c2ccc(N)cc2C(F)(F)F)cn1. The number of hydrogen-bond acceptors (Lipinski definition) is 2. The summed E-state index contributed by atoms with van der Waals surface area (Å²) in [6.45, 7) is 1.78. The van der Waals surface area contributed by atoms with Crippen molar-refractivity contribution in [3.05, 3.63) is 47.8 Å². The molecule has 0 saturated heterocycles. The smallest absolute Gasteiger partial charge is 0.399 e. The topological polar surface area (TPSA) is 38.9 Å². The number of halogens is 3. The van der Waals surface area contributed by atoms with Crippen molar-refractivity contribution in [2.75, 3.05) is 5.73 Å². The maximum atomic E-state index is 12.9. The van der Waals surface area contributed by atoms with E-state index in [4.69, 9.17) is 5.73 Å². The van der Waals surface area contributed by atoms with Gasteiger partial charge in [0.25, 0.3) is 0 Å². The Balaban J connectivity index is 2.60. The zero-order chi connectivity index (χ0) is 13.3. The van der Waals surface area contributed by atoms with Crippen molar-refractivity contribution in [2.24, 2.45) is 0 Å². The highest BCUT2D eigenvalue weighted by Crippen LogP contribution is 2.37. The lowest BCUT2D eigenvalue weighted by molar-refractivity contribution is -0.137. The summed E-state index contributed by atoms with van der Waals surface area (Å²) >= 11 is 0. The first-order chi connectivity index (χ1) is 8.38. The number of benzene rings is 1. The van der Waals surface area contributed by atoms with Gasteiger partial charge < -0.3 is 5.73 Å². The van der Waals surface area contributed by atoms with Crippen LogP contribution in [-0.2, 0) is 6.18 Å². The minimum Gasteiger partial charge on any atom is -0.399 e. The molecular formula is C13H11F3N2. The Labute approximate surface area is 102 Å². The highest BCUT2D eigenvalue weighted by molar-refractivity contribution is 5.70. The Morgan fingerprint density at radius 1 is 1.11 bits per heavy atom. The van der Waals surface area contributed by atoms with Crippen LogP contribution in [0, 0.1) is 6.92 Å². The molecule has 0 aliphatic carbocycles. The van der Waals surface area contributed by atoms with Crippen LogP contribution in [0.15, 0.2) is 36.5 Å². The van der Waals surface area contributed by atoms with Crippen molar-refractivity contribution in [3.8, 4) is 11.1 Å². The van der Waals surface area contributed by atoms with E-state index in [1.165, 1.54) is 18.3 Å². The van der Waals surface area contributed by atoms with Gasteiger partial charge in [-0.3, -0.25) is 4.98 Å². The van der Waals surface area contributed by atoms with Crippen LogP contribution in [0.1, 0.15) is 11.3 Å². The summed E-state index contributed by atoms with van der Waals surface area (Å²) in [7, 11) is 0. The molecule has 0 atom stereocenters. The van der Waals surface area contributed by atoms with Gasteiger partial charge in [-0.25, -0.2) is 0 Å². The lowest BCUT2D eigenvalue weighted by atomic mass is 10.00. The zero-order valence-electron chi connectivity index (χ0n) is 9.62. The summed E-state index contributed by atoms with van der Waals surface area (Å²) in [4.78, 5) is 4.00. The van der Waals surface area contributed by atoms with Gasteiger partial charge in [0.2, 0.25) is 0 Å². The molecule has 0 aliphatic heterocycles. The third-order valence-corrected chi connectivity index (χ3v) is 2.57. The number of aryl methyl sites for hydroxylation is 1. The number of nitrogens with two attached hydrogens (primary N) is 1. The van der Waals surface area contributed by atoms with Gasteiger partial charge in [0.1, 0.15) is 0 Å². The van der Waals surface area contributed by atoms with Crippen LogP contribution in [0.4, 0.5) is 18.9 Å². The van der Waals surface area contributed by atoms with Gasteiger partial charge in [-0.05, 0) is 30.7 Å². The standard InChI is InChI=1S/C13H11F3N2/c1-8-2-3-9(7-18-8)11-5-4-10(17)6-12(11)13(14,15)16/h2-7H,17H2,1H3. The van der Waals surface area contributed by atoms with Gasteiger partial charge in [-0.15, -0.1) is 0 Å². The number of hydrogen-bond donors (Lipinski definition) is 1. The third-order valence-electron chi connectivity index (χ3n) is 2.57. The summed E-state index contributed by atoms with van der Waals surface area (Å²) in [5, 5.41) is 0. The summed E-state index contributed by atoms with van der Waals surface area (Å²) in [5.41, 5.74) is 6.02. The molecule has 0 fully saturated rings. The first-order valence-corrected chi connectivity index (χ1v) is 5.27. The maximum Gasteiger partial charge on any atom is 0.417 e. The monoisotopic (exact) mass is 252 g/mol. The number of alkyl halides is 3. The van der Waals surface area contributed by atoms with Crippen molar-refractivity contribution in [1.82, 2.24) is 4.98 Å². The Hall–Kier alpha value is -2.04. The molecule has 0 aliphatic rings. The van der Waals surface area contributed by atoms with E-state index in [0.717, 1.165) is 11.8 Å². The van der Waals surface area contributed by atoms with Crippen LogP contribution in [0.3, 0.4) is 0 Å². The number of pyridine rings is 1. The van der Waals surface area contributed by atoms with Gasteiger partial charge in [0.15, 0.2) is 0 Å². The highest BCUT2D eigenvalue weighted by atomic mass is 19.4. The number of nitrogens with zero attached hydrogens (tertiary/aromatic N) is 1. The van der Waals surface area contributed by atoms with E-state index in [0.29, 0.717) is 5.56 Å². The molecule has 2 rings (SSSR count). The molecule has 2 aromatic rings. The number of aromatic nitrogens is 1. The van der Waals surface area contributed by atoms with Gasteiger partial charge in [0.05, 0.1) is 5.56 Å². The van der Waals surface area contributed by atoms with Crippen molar-refractivity contribution < 1.29 is 13.2 Å². The molecule has 1 aromatic heterocycles. The first-order valence-electron chi connectivity index (χ1n) is 5.27. The summed E-state index contributed by atoms with van der Waals surface area (Å²) in [5.74, 6) is 0. The number of rotatable bonds is 1. The van der Waals surface area contributed by atoms with E-state index in [1.54, 1.807) is 19.1 Å². The minimum atomic E-state index is -4.43. The van der Waals surface area contributed by atoms with Gasteiger partial charge >= 0.3 is 6.18 Å². The van der Waals surface area contributed by atoms with Crippen LogP contribution in [0.2, 0.25) is 0 Å². The van der Waals surface area contributed by atoms with E-state index >= 15 is 0 Å². The fourth-order valence-electron chi connectivity index (χ4n) is 1.68. The van der Waals surface area contributed by atoms with Crippen LogP contribution < -0.4 is 5.73 Å². The minimum absolute atomic E-state index is 0.0872. The van der Waals surface area contributed by atoms with E-state index in [9.17, 15) is 13.2 Å². The number of nitrogen functional groups attached to an aromatic ring is 1. The van der Waals surface area contributed by atoms with Crippen molar-refractivity contribution in [1.29, 1.82) is 0 Å². The molecule has 1 heterocycles. The van der Waals surface area contributed by atoms with E-state index in [1.807, 2.05) is 0 Å². The molecule has 0 amide bonds. The second kappa shape index (κ2) is 4.33. The maximum absolute atomic E-state index is 12.9. The molecule has 5 heteroatoms. The third kappa shape index (κ3) is 2.45. The van der Waals surface area contributed by atoms with Crippen LogP contribution in [-0.4, -0.2) is 4.98 Å². The average molecular weight is 252 g/mol. The molecule has 94 valence electrons.